The van der Waals surface area contributed by atoms with Crippen LogP contribution in [0.25, 0.3) is 0 Å². The average Bonchev–Trinajstić information content (AvgIpc) is 2.43. The number of nitrogens with one attached hydrogen (secondary N) is 1. The second-order valence-electron chi connectivity index (χ2n) is 5.86. The molecule has 0 aliphatic carbocycles. The van der Waals surface area contributed by atoms with Crippen LogP contribution < -0.4 is 19.9 Å². The van der Waals surface area contributed by atoms with Gasteiger partial charge in [0.05, 0.1) is 20.3 Å². The molecule has 1 atom stereocenters. The lowest BCUT2D eigenvalue weighted by atomic mass is 10.0. The van der Waals surface area contributed by atoms with E-state index < -0.39 is 30.1 Å². The van der Waals surface area contributed by atoms with Gasteiger partial charge in [-0.25, -0.2) is 4.79 Å². The van der Waals surface area contributed by atoms with Crippen molar-refractivity contribution in [3.63, 3.8) is 0 Å². The molecule has 0 saturated carbocycles. The standard InChI is InChI=1S/C16H23NO6/c1-16(2,3)23-15(20)17-11(9-13(18)19)10-7-6-8-12(21-4)14(10)22-5/h6-8,11H,9H2,1-5H3,(H,17,20)(H,18,19)/p-1/t11-/m0/s1. The van der Waals surface area contributed by atoms with E-state index in [1.807, 2.05) is 0 Å². The Labute approximate surface area is 135 Å². The summed E-state index contributed by atoms with van der Waals surface area (Å²) < 4.78 is 15.6. The molecule has 7 nitrogen and oxygen atoms in total. The Bertz CT molecular complexity index is 564. The zero-order valence-electron chi connectivity index (χ0n) is 14.0. The second kappa shape index (κ2) is 7.71. The minimum Gasteiger partial charge on any atom is -0.550 e. The SMILES string of the molecule is COc1cccc([C@H](CC(=O)[O-])NC(=O)OC(C)(C)C)c1OC. The van der Waals surface area contributed by atoms with E-state index >= 15 is 0 Å². The number of benzene rings is 1. The summed E-state index contributed by atoms with van der Waals surface area (Å²) in [6.07, 6.45) is -1.16. The first-order valence-corrected chi connectivity index (χ1v) is 7.08. The van der Waals surface area contributed by atoms with Gasteiger partial charge in [0.2, 0.25) is 0 Å². The average molecular weight is 324 g/mol. The zero-order chi connectivity index (χ0) is 17.6. The number of para-hydroxylation sites is 1. The number of alkyl carbamates (subject to hydrolysis) is 1. The second-order valence-corrected chi connectivity index (χ2v) is 5.86. The van der Waals surface area contributed by atoms with E-state index in [2.05, 4.69) is 5.32 Å². The number of carboxylic acids is 1. The molecule has 0 unspecified atom stereocenters. The number of carbonyl (C=O) groups is 2. The number of carboxylic acid groups (broad SMARTS) is 1. The van der Waals surface area contributed by atoms with Crippen LogP contribution >= 0.6 is 0 Å². The van der Waals surface area contributed by atoms with Gasteiger partial charge >= 0.3 is 6.09 Å². The van der Waals surface area contributed by atoms with Crippen molar-refractivity contribution >= 4 is 12.1 Å². The highest BCUT2D eigenvalue weighted by Crippen LogP contribution is 2.35. The topological polar surface area (TPSA) is 96.9 Å². The molecule has 1 rings (SSSR count). The van der Waals surface area contributed by atoms with Crippen LogP contribution in [0, 0.1) is 0 Å². The first-order chi connectivity index (χ1) is 10.7. The van der Waals surface area contributed by atoms with Crippen molar-refractivity contribution in [3.8, 4) is 11.5 Å². The van der Waals surface area contributed by atoms with Gasteiger partial charge in [-0.3, -0.25) is 0 Å². The molecule has 0 aromatic heterocycles. The summed E-state index contributed by atoms with van der Waals surface area (Å²) in [5.74, 6) is -0.535. The van der Waals surface area contributed by atoms with Gasteiger partial charge in [0.1, 0.15) is 5.60 Å². The Morgan fingerprint density at radius 3 is 2.35 bits per heavy atom. The van der Waals surface area contributed by atoms with Crippen LogP contribution in [0.5, 0.6) is 11.5 Å². The van der Waals surface area contributed by atoms with E-state index in [0.29, 0.717) is 17.1 Å². The van der Waals surface area contributed by atoms with Crippen molar-refractivity contribution in [2.45, 2.75) is 38.8 Å². The van der Waals surface area contributed by atoms with Gasteiger partial charge in [-0.1, -0.05) is 12.1 Å². The predicted molar refractivity (Wildman–Crippen MR) is 81.3 cm³/mol. The maximum atomic E-state index is 12.0. The molecule has 1 N–H and O–H groups in total. The minimum absolute atomic E-state index is 0.345. The van der Waals surface area contributed by atoms with Crippen LogP contribution in [0.15, 0.2) is 18.2 Å². The molecule has 0 spiro atoms. The molecule has 7 heteroatoms. The van der Waals surface area contributed by atoms with Crippen molar-refractivity contribution in [2.24, 2.45) is 0 Å². The lowest BCUT2D eigenvalue weighted by Crippen LogP contribution is -2.37. The number of amides is 1. The van der Waals surface area contributed by atoms with Gasteiger partial charge < -0.3 is 29.4 Å². The summed E-state index contributed by atoms with van der Waals surface area (Å²) >= 11 is 0. The summed E-state index contributed by atoms with van der Waals surface area (Å²) in [4.78, 5) is 23.0. The summed E-state index contributed by atoms with van der Waals surface area (Å²) in [5.41, 5.74) is -0.240. The molecular weight excluding hydrogens is 302 g/mol. The smallest absolute Gasteiger partial charge is 0.408 e. The molecule has 0 radical (unpaired) electrons. The quantitative estimate of drug-likeness (QED) is 0.850. The van der Waals surface area contributed by atoms with Crippen molar-refractivity contribution in [3.05, 3.63) is 23.8 Å². The molecule has 0 bridgehead atoms. The number of hydrogen-bond donors (Lipinski definition) is 1. The molecule has 23 heavy (non-hydrogen) atoms. The fourth-order valence-electron chi connectivity index (χ4n) is 2.04. The zero-order valence-corrected chi connectivity index (χ0v) is 14.0. The molecule has 0 fully saturated rings. The van der Waals surface area contributed by atoms with Gasteiger partial charge in [0, 0.05) is 18.0 Å². The van der Waals surface area contributed by atoms with E-state index in [0.717, 1.165) is 0 Å². The Kier molecular flexibility index (Phi) is 6.24. The maximum Gasteiger partial charge on any atom is 0.408 e. The third-order valence-electron chi connectivity index (χ3n) is 2.87. The first-order valence-electron chi connectivity index (χ1n) is 7.08. The fraction of sp³-hybridized carbons (Fsp3) is 0.500. The van der Waals surface area contributed by atoms with Crippen LogP contribution in [-0.2, 0) is 9.53 Å². The molecule has 1 aromatic rings. The summed E-state index contributed by atoms with van der Waals surface area (Å²) in [6.45, 7) is 5.14. The number of hydrogen-bond acceptors (Lipinski definition) is 6. The van der Waals surface area contributed by atoms with Gasteiger partial charge in [-0.2, -0.15) is 0 Å². The molecule has 128 valence electrons. The number of aliphatic carboxylic acids is 1. The lowest BCUT2D eigenvalue weighted by Gasteiger charge is -2.25. The van der Waals surface area contributed by atoms with E-state index in [1.165, 1.54) is 14.2 Å². The Morgan fingerprint density at radius 2 is 1.87 bits per heavy atom. The predicted octanol–water partition coefficient (Wildman–Crippen LogP) is 1.41. The van der Waals surface area contributed by atoms with Crippen LogP contribution in [0.1, 0.15) is 38.8 Å². The van der Waals surface area contributed by atoms with Crippen LogP contribution in [0.4, 0.5) is 4.79 Å². The van der Waals surface area contributed by atoms with Gasteiger partial charge in [0.25, 0.3) is 0 Å². The number of ether oxygens (including phenoxy) is 3. The number of rotatable bonds is 6. The molecule has 0 aliphatic rings. The molecule has 1 aromatic carbocycles. The fourth-order valence-corrected chi connectivity index (χ4v) is 2.04. The van der Waals surface area contributed by atoms with Crippen molar-refractivity contribution in [1.82, 2.24) is 5.32 Å². The van der Waals surface area contributed by atoms with Crippen LogP contribution in [-0.4, -0.2) is 31.9 Å². The maximum absolute atomic E-state index is 12.0. The highest BCUT2D eigenvalue weighted by molar-refractivity contribution is 5.72. The highest BCUT2D eigenvalue weighted by atomic mass is 16.6. The molecule has 0 aliphatic heterocycles. The molecular formula is C16H22NO6-. The van der Waals surface area contributed by atoms with Crippen LogP contribution in [0.2, 0.25) is 0 Å². The van der Waals surface area contributed by atoms with Gasteiger partial charge in [-0.15, -0.1) is 0 Å². The van der Waals surface area contributed by atoms with E-state index in [1.54, 1.807) is 39.0 Å². The normalized spacial score (nSPS) is 12.2. The third-order valence-corrected chi connectivity index (χ3v) is 2.87. The summed E-state index contributed by atoms with van der Waals surface area (Å²) in [5, 5.41) is 13.6. The van der Waals surface area contributed by atoms with Crippen molar-refractivity contribution in [1.29, 1.82) is 0 Å². The Hall–Kier alpha value is -2.44. The first kappa shape index (κ1) is 18.6. The van der Waals surface area contributed by atoms with Gasteiger partial charge in [0.15, 0.2) is 11.5 Å². The molecule has 0 heterocycles. The highest BCUT2D eigenvalue weighted by Gasteiger charge is 2.24. The summed E-state index contributed by atoms with van der Waals surface area (Å²) in [6, 6.07) is 4.12. The Morgan fingerprint density at radius 1 is 1.22 bits per heavy atom. The van der Waals surface area contributed by atoms with Crippen LogP contribution in [0.3, 0.4) is 0 Å². The van der Waals surface area contributed by atoms with E-state index in [4.69, 9.17) is 14.2 Å². The molecule has 1 amide bonds. The van der Waals surface area contributed by atoms with E-state index in [-0.39, 0.29) is 0 Å². The largest absolute Gasteiger partial charge is 0.550 e. The van der Waals surface area contributed by atoms with Gasteiger partial charge in [-0.05, 0) is 26.8 Å². The molecule has 0 saturated heterocycles. The summed E-state index contributed by atoms with van der Waals surface area (Å²) in [7, 11) is 2.90. The van der Waals surface area contributed by atoms with Crippen molar-refractivity contribution in [2.75, 3.05) is 14.2 Å². The number of methoxy groups -OCH3 is 2. The third kappa shape index (κ3) is 5.69. The van der Waals surface area contributed by atoms with E-state index in [9.17, 15) is 14.7 Å². The minimum atomic E-state index is -1.31. The van der Waals surface area contributed by atoms with Crippen molar-refractivity contribution < 1.29 is 28.9 Å². The Balaban J connectivity index is 3.12. The number of carbonyl (C=O) groups excluding carboxylic acids is 2. The monoisotopic (exact) mass is 324 g/mol. The lowest BCUT2D eigenvalue weighted by molar-refractivity contribution is -0.306.